The van der Waals surface area contributed by atoms with Crippen molar-refractivity contribution in [3.8, 4) is 0 Å². The lowest BCUT2D eigenvalue weighted by Gasteiger charge is -2.31. The van der Waals surface area contributed by atoms with Gasteiger partial charge in [0.15, 0.2) is 11.9 Å². The summed E-state index contributed by atoms with van der Waals surface area (Å²) in [5, 5.41) is 4.90. The first kappa shape index (κ1) is 20.4. The SMILES string of the molecule is Cc1ccc2c(CC(=O)N3CCO[C@@H](c4nc(Cc5ccccc5F)no4)C3)coc2c1. The van der Waals surface area contributed by atoms with Gasteiger partial charge in [0.1, 0.15) is 11.4 Å². The first-order valence-corrected chi connectivity index (χ1v) is 10.5. The van der Waals surface area contributed by atoms with Crippen LogP contribution in [0.1, 0.15) is 34.5 Å². The van der Waals surface area contributed by atoms with E-state index < -0.39 is 6.10 Å². The van der Waals surface area contributed by atoms with Gasteiger partial charge in [-0.2, -0.15) is 4.98 Å². The van der Waals surface area contributed by atoms with Crippen LogP contribution in [0.15, 0.2) is 57.7 Å². The third kappa shape index (κ3) is 4.13. The molecule has 1 saturated heterocycles. The van der Waals surface area contributed by atoms with Crippen molar-refractivity contribution in [2.75, 3.05) is 19.7 Å². The Labute approximate surface area is 183 Å². The van der Waals surface area contributed by atoms with E-state index in [1.54, 1.807) is 29.4 Å². The predicted molar refractivity (Wildman–Crippen MR) is 113 cm³/mol. The molecular formula is C24H22FN3O4. The number of nitrogens with zero attached hydrogens (tertiary/aromatic N) is 3. The molecule has 3 heterocycles. The molecule has 4 aromatic rings. The van der Waals surface area contributed by atoms with Crippen molar-refractivity contribution in [3.63, 3.8) is 0 Å². The highest BCUT2D eigenvalue weighted by molar-refractivity contribution is 5.88. The third-order valence-electron chi connectivity index (χ3n) is 5.64. The number of aryl methyl sites for hydroxylation is 1. The monoisotopic (exact) mass is 435 g/mol. The lowest BCUT2D eigenvalue weighted by molar-refractivity contribution is -0.139. The average molecular weight is 435 g/mol. The van der Waals surface area contributed by atoms with Crippen LogP contribution in [-0.4, -0.2) is 40.6 Å². The zero-order valence-electron chi connectivity index (χ0n) is 17.6. The minimum atomic E-state index is -0.515. The molecule has 0 unspecified atom stereocenters. The molecule has 8 heteroatoms. The van der Waals surface area contributed by atoms with Crippen LogP contribution >= 0.6 is 0 Å². The van der Waals surface area contributed by atoms with Crippen molar-refractivity contribution in [2.45, 2.75) is 25.9 Å². The van der Waals surface area contributed by atoms with E-state index in [4.69, 9.17) is 13.7 Å². The number of fused-ring (bicyclic) bond motifs is 1. The third-order valence-corrected chi connectivity index (χ3v) is 5.64. The van der Waals surface area contributed by atoms with Crippen LogP contribution < -0.4 is 0 Å². The number of aromatic nitrogens is 2. The molecule has 2 aromatic carbocycles. The summed E-state index contributed by atoms with van der Waals surface area (Å²) in [6, 6.07) is 12.4. The molecule has 1 aliphatic heterocycles. The second kappa shape index (κ2) is 8.55. The first-order valence-electron chi connectivity index (χ1n) is 10.5. The lowest BCUT2D eigenvalue weighted by atomic mass is 10.1. The number of morpholine rings is 1. The molecule has 0 bridgehead atoms. The molecule has 164 valence electrons. The van der Waals surface area contributed by atoms with E-state index >= 15 is 0 Å². The van der Waals surface area contributed by atoms with E-state index in [9.17, 15) is 9.18 Å². The van der Waals surface area contributed by atoms with Gasteiger partial charge in [0.05, 0.1) is 25.8 Å². The van der Waals surface area contributed by atoms with Gasteiger partial charge < -0.3 is 18.6 Å². The quantitative estimate of drug-likeness (QED) is 0.471. The zero-order valence-corrected chi connectivity index (χ0v) is 17.6. The molecule has 1 atom stereocenters. The van der Waals surface area contributed by atoms with E-state index in [2.05, 4.69) is 10.1 Å². The molecule has 7 nitrogen and oxygen atoms in total. The Morgan fingerprint density at radius 1 is 1.22 bits per heavy atom. The number of hydrogen-bond donors (Lipinski definition) is 0. The van der Waals surface area contributed by atoms with Gasteiger partial charge in [0, 0.05) is 23.9 Å². The number of furan rings is 1. The number of benzene rings is 2. The number of rotatable bonds is 5. The fourth-order valence-corrected chi connectivity index (χ4v) is 3.91. The second-order valence-corrected chi connectivity index (χ2v) is 7.95. The smallest absolute Gasteiger partial charge is 0.257 e. The Hall–Kier alpha value is -3.52. The van der Waals surface area contributed by atoms with Gasteiger partial charge in [0.25, 0.3) is 5.89 Å². The molecule has 0 N–H and O–H groups in total. The van der Waals surface area contributed by atoms with Crippen LogP contribution in [0.4, 0.5) is 4.39 Å². The standard InChI is InChI=1S/C24H22FN3O4/c1-15-6-7-18-17(14-31-20(18)10-15)12-23(29)28-8-9-30-21(13-28)24-26-22(27-32-24)11-16-4-2-3-5-19(16)25/h2-7,10,14,21H,8-9,11-13H2,1H3/t21-/m1/s1. The van der Waals surface area contributed by atoms with Crippen LogP contribution in [0.5, 0.6) is 0 Å². The minimum Gasteiger partial charge on any atom is -0.464 e. The molecule has 1 aliphatic rings. The summed E-state index contributed by atoms with van der Waals surface area (Å²) in [7, 11) is 0. The summed E-state index contributed by atoms with van der Waals surface area (Å²) in [5.41, 5.74) is 3.23. The fourth-order valence-electron chi connectivity index (χ4n) is 3.91. The van der Waals surface area contributed by atoms with Crippen molar-refractivity contribution in [1.29, 1.82) is 0 Å². The molecule has 2 aromatic heterocycles. The van der Waals surface area contributed by atoms with Crippen molar-refractivity contribution >= 4 is 16.9 Å². The van der Waals surface area contributed by atoms with Crippen LogP contribution in [0.25, 0.3) is 11.0 Å². The number of halogens is 1. The van der Waals surface area contributed by atoms with Crippen molar-refractivity contribution < 1.29 is 22.9 Å². The van der Waals surface area contributed by atoms with Gasteiger partial charge in [-0.25, -0.2) is 4.39 Å². The highest BCUT2D eigenvalue weighted by atomic mass is 19.1. The summed E-state index contributed by atoms with van der Waals surface area (Å²) in [4.78, 5) is 19.1. The van der Waals surface area contributed by atoms with Gasteiger partial charge in [0.2, 0.25) is 5.91 Å². The molecule has 0 saturated carbocycles. The van der Waals surface area contributed by atoms with Crippen LogP contribution in [0.3, 0.4) is 0 Å². The Balaban J connectivity index is 1.25. The van der Waals surface area contributed by atoms with E-state index in [1.165, 1.54) is 6.07 Å². The molecule has 0 spiro atoms. The van der Waals surface area contributed by atoms with Crippen molar-refractivity contribution in [2.24, 2.45) is 0 Å². The van der Waals surface area contributed by atoms with Gasteiger partial charge in [-0.3, -0.25) is 4.79 Å². The highest BCUT2D eigenvalue weighted by Crippen LogP contribution is 2.25. The molecule has 0 radical (unpaired) electrons. The maximum atomic E-state index is 13.9. The molecular weight excluding hydrogens is 413 g/mol. The van der Waals surface area contributed by atoms with Crippen molar-refractivity contribution in [1.82, 2.24) is 15.0 Å². The Bertz CT molecular complexity index is 1270. The largest absolute Gasteiger partial charge is 0.464 e. The minimum absolute atomic E-state index is 0.0207. The molecule has 5 rings (SSSR count). The van der Waals surface area contributed by atoms with E-state index in [1.807, 2.05) is 25.1 Å². The number of amides is 1. The maximum absolute atomic E-state index is 13.9. The second-order valence-electron chi connectivity index (χ2n) is 7.95. The summed E-state index contributed by atoms with van der Waals surface area (Å²) in [5.74, 6) is 0.328. The van der Waals surface area contributed by atoms with Crippen LogP contribution in [0.2, 0.25) is 0 Å². The fraction of sp³-hybridized carbons (Fsp3) is 0.292. The number of carbonyl (C=O) groups excluding carboxylic acids is 1. The van der Waals surface area contributed by atoms with Gasteiger partial charge in [-0.15, -0.1) is 0 Å². The predicted octanol–water partition coefficient (Wildman–Crippen LogP) is 4.00. The van der Waals surface area contributed by atoms with Crippen LogP contribution in [-0.2, 0) is 22.4 Å². The van der Waals surface area contributed by atoms with Gasteiger partial charge in [-0.1, -0.05) is 35.5 Å². The lowest BCUT2D eigenvalue weighted by Crippen LogP contribution is -2.43. The van der Waals surface area contributed by atoms with Crippen LogP contribution in [0, 0.1) is 12.7 Å². The summed E-state index contributed by atoms with van der Waals surface area (Å²) < 4.78 is 30.6. The number of hydrogen-bond acceptors (Lipinski definition) is 6. The Morgan fingerprint density at radius 2 is 2.09 bits per heavy atom. The molecule has 32 heavy (non-hydrogen) atoms. The Kier molecular flexibility index (Phi) is 5.45. The number of ether oxygens (including phenoxy) is 1. The summed E-state index contributed by atoms with van der Waals surface area (Å²) in [6.07, 6.45) is 1.59. The zero-order chi connectivity index (χ0) is 22.1. The summed E-state index contributed by atoms with van der Waals surface area (Å²) in [6.45, 7) is 3.17. The first-order chi connectivity index (χ1) is 15.6. The average Bonchev–Trinajstić information content (AvgIpc) is 3.42. The van der Waals surface area contributed by atoms with E-state index in [-0.39, 0.29) is 30.5 Å². The summed E-state index contributed by atoms with van der Waals surface area (Å²) >= 11 is 0. The topological polar surface area (TPSA) is 81.6 Å². The Morgan fingerprint density at radius 3 is 2.97 bits per heavy atom. The highest BCUT2D eigenvalue weighted by Gasteiger charge is 2.30. The number of carbonyl (C=O) groups is 1. The molecule has 0 aliphatic carbocycles. The normalized spacial score (nSPS) is 16.6. The molecule has 1 amide bonds. The van der Waals surface area contributed by atoms with E-state index in [0.29, 0.717) is 31.1 Å². The van der Waals surface area contributed by atoms with Gasteiger partial charge >= 0.3 is 0 Å². The van der Waals surface area contributed by atoms with Crippen molar-refractivity contribution in [3.05, 3.63) is 83.0 Å². The maximum Gasteiger partial charge on any atom is 0.257 e. The van der Waals surface area contributed by atoms with E-state index in [0.717, 1.165) is 22.1 Å². The van der Waals surface area contributed by atoms with Gasteiger partial charge in [-0.05, 0) is 30.2 Å². The molecule has 1 fully saturated rings.